The minimum absolute atomic E-state index is 0.000370. The van der Waals surface area contributed by atoms with Gasteiger partial charge >= 0.3 is 0 Å². The van der Waals surface area contributed by atoms with E-state index in [0.717, 1.165) is 0 Å². The van der Waals surface area contributed by atoms with Crippen LogP contribution in [0.2, 0.25) is 0 Å². The molecule has 5 N–H and O–H groups in total. The quantitative estimate of drug-likeness (QED) is 0.104. The van der Waals surface area contributed by atoms with Crippen LogP contribution in [0.25, 0.3) is 0 Å². The zero-order chi connectivity index (χ0) is 40.7. The number of hydrogen-bond acceptors (Lipinski definition) is 9. The van der Waals surface area contributed by atoms with Gasteiger partial charge < -0.3 is 40.9 Å². The Morgan fingerprint density at radius 3 is 2.29 bits per heavy atom. The fraction of sp³-hybridized carbons (Fsp3) is 0.525. The molecular formula is C40H56N6O9. The first-order chi connectivity index (χ1) is 26.1. The monoisotopic (exact) mass is 764 g/mol. The molecule has 0 saturated carbocycles. The molecule has 1 aliphatic heterocycles. The Balaban J connectivity index is 1.64. The van der Waals surface area contributed by atoms with Crippen LogP contribution in [-0.4, -0.2) is 115 Å². The van der Waals surface area contributed by atoms with Crippen LogP contribution in [0.15, 0.2) is 54.6 Å². The van der Waals surface area contributed by atoms with Crippen molar-refractivity contribution in [3.8, 4) is 5.75 Å². The number of likely N-dealkylation sites (N-methyl/N-ethyl adjacent to an activating group) is 1. The molecule has 2 aromatic rings. The summed E-state index contributed by atoms with van der Waals surface area (Å²) in [5.41, 5.74) is 0.489. The zero-order valence-electron chi connectivity index (χ0n) is 32.7. The standard InChI is InChI=1S/C40H56N6O9/c1-7-14-29(34(50)37(52)41-25-32(49)43-33(38(53)45(5)6)27-16-9-8-10-17-27)42-36(51)30-19-12-20-46(30)39(54)35(40(2,3)4)44-31(48)24-26-15-11-18-28(23-26)55-22-13-21-47/h8-11,15-18,23,29-30,33,35,47H,7,12-14,19-22,24-25H2,1-6H3,(H,41,52)(H,42,51)(H,43,49)(H,44,48)/t29-,30-,33-,35+/m0/s1. The first-order valence-electron chi connectivity index (χ1n) is 18.7. The highest BCUT2D eigenvalue weighted by Crippen LogP contribution is 2.26. The van der Waals surface area contributed by atoms with Crippen molar-refractivity contribution in [2.24, 2.45) is 5.41 Å². The van der Waals surface area contributed by atoms with Crippen LogP contribution in [0.5, 0.6) is 5.75 Å². The second-order valence-corrected chi connectivity index (χ2v) is 14.8. The fourth-order valence-corrected chi connectivity index (χ4v) is 6.15. The van der Waals surface area contributed by atoms with Crippen LogP contribution < -0.4 is 26.0 Å². The number of carbonyl (C=O) groups is 7. The summed E-state index contributed by atoms with van der Waals surface area (Å²) in [6, 6.07) is 11.5. The first-order valence-corrected chi connectivity index (χ1v) is 18.7. The summed E-state index contributed by atoms with van der Waals surface area (Å²) >= 11 is 0. The van der Waals surface area contributed by atoms with E-state index in [4.69, 9.17) is 9.84 Å². The molecule has 1 saturated heterocycles. The number of aliphatic hydroxyl groups excluding tert-OH is 1. The van der Waals surface area contributed by atoms with Gasteiger partial charge in [-0.2, -0.15) is 0 Å². The molecule has 0 bridgehead atoms. The summed E-state index contributed by atoms with van der Waals surface area (Å²) < 4.78 is 5.61. The molecule has 300 valence electrons. The van der Waals surface area contributed by atoms with Crippen LogP contribution in [0, 0.1) is 5.41 Å². The molecule has 15 heteroatoms. The number of Topliss-reactive ketones (excluding diaryl/α,β-unsaturated/α-hetero) is 1. The molecule has 2 aromatic carbocycles. The van der Waals surface area contributed by atoms with Crippen molar-refractivity contribution in [1.82, 2.24) is 31.1 Å². The molecule has 1 aliphatic rings. The number of ketones is 1. The lowest BCUT2D eigenvalue weighted by molar-refractivity contribution is -0.145. The largest absolute Gasteiger partial charge is 0.493 e. The Hall–Kier alpha value is -5.31. The predicted octanol–water partition coefficient (Wildman–Crippen LogP) is 1.43. The lowest BCUT2D eigenvalue weighted by atomic mass is 9.85. The molecular weight excluding hydrogens is 708 g/mol. The second-order valence-electron chi connectivity index (χ2n) is 14.8. The summed E-state index contributed by atoms with van der Waals surface area (Å²) in [5, 5.41) is 19.4. The van der Waals surface area contributed by atoms with E-state index in [1.54, 1.807) is 75.6 Å². The van der Waals surface area contributed by atoms with Crippen LogP contribution in [0.3, 0.4) is 0 Å². The molecule has 55 heavy (non-hydrogen) atoms. The zero-order valence-corrected chi connectivity index (χ0v) is 32.7. The maximum atomic E-state index is 14.0. The van der Waals surface area contributed by atoms with Crippen molar-refractivity contribution >= 4 is 41.2 Å². The summed E-state index contributed by atoms with van der Waals surface area (Å²) in [5.74, 6) is -4.00. The number of benzene rings is 2. The number of carbonyl (C=O) groups excluding carboxylic acids is 7. The lowest BCUT2D eigenvalue weighted by Gasteiger charge is -2.35. The summed E-state index contributed by atoms with van der Waals surface area (Å²) in [6.45, 7) is 7.22. The van der Waals surface area contributed by atoms with E-state index in [9.17, 15) is 33.6 Å². The molecule has 4 atom stereocenters. The summed E-state index contributed by atoms with van der Waals surface area (Å²) in [4.78, 5) is 95.6. The highest BCUT2D eigenvalue weighted by atomic mass is 16.5. The molecule has 3 rings (SSSR count). The number of ether oxygens (including phenoxy) is 1. The van der Waals surface area contributed by atoms with E-state index in [1.165, 1.54) is 9.80 Å². The van der Waals surface area contributed by atoms with E-state index in [2.05, 4.69) is 21.3 Å². The van der Waals surface area contributed by atoms with Gasteiger partial charge in [-0.05, 0) is 47.9 Å². The SMILES string of the molecule is CCC[C@H](NC(=O)[C@@H]1CCCN1C(=O)[C@@H](NC(=O)Cc1cccc(OCCCO)c1)C(C)(C)C)C(=O)C(=O)NCC(=O)N[C@H](C(=O)N(C)C)c1ccccc1. The molecule has 0 aromatic heterocycles. The maximum Gasteiger partial charge on any atom is 0.290 e. The third kappa shape index (κ3) is 13.2. The molecule has 1 heterocycles. The maximum absolute atomic E-state index is 14.0. The van der Waals surface area contributed by atoms with E-state index in [0.29, 0.717) is 49.2 Å². The van der Waals surface area contributed by atoms with Crippen molar-refractivity contribution in [3.63, 3.8) is 0 Å². The highest BCUT2D eigenvalue weighted by molar-refractivity contribution is 6.38. The molecule has 1 fully saturated rings. The first kappa shape index (κ1) is 44.1. The molecule has 15 nitrogen and oxygen atoms in total. The molecule has 6 amide bonds. The van der Waals surface area contributed by atoms with Crippen molar-refractivity contribution < 1.29 is 43.4 Å². The summed E-state index contributed by atoms with van der Waals surface area (Å²) in [6.07, 6.45) is 1.86. The third-order valence-electron chi connectivity index (χ3n) is 9.06. The highest BCUT2D eigenvalue weighted by Gasteiger charge is 2.42. The van der Waals surface area contributed by atoms with Crippen molar-refractivity contribution in [2.75, 3.05) is 40.4 Å². The van der Waals surface area contributed by atoms with Crippen molar-refractivity contribution in [1.29, 1.82) is 0 Å². The number of hydrogen-bond donors (Lipinski definition) is 5. The minimum atomic E-state index is -1.22. The van der Waals surface area contributed by atoms with Gasteiger partial charge in [-0.3, -0.25) is 33.6 Å². The van der Waals surface area contributed by atoms with Crippen LogP contribution >= 0.6 is 0 Å². The number of rotatable bonds is 19. The van der Waals surface area contributed by atoms with Gasteiger partial charge in [0.1, 0.15) is 23.9 Å². The fourth-order valence-electron chi connectivity index (χ4n) is 6.15. The van der Waals surface area contributed by atoms with Gasteiger partial charge in [0.15, 0.2) is 0 Å². The number of nitrogens with one attached hydrogen (secondary N) is 4. The van der Waals surface area contributed by atoms with E-state index in [1.807, 2.05) is 20.8 Å². The van der Waals surface area contributed by atoms with Crippen molar-refractivity contribution in [2.45, 2.75) is 90.4 Å². The number of aliphatic hydroxyl groups is 1. The topological polar surface area (TPSA) is 204 Å². The van der Waals surface area contributed by atoms with Crippen molar-refractivity contribution in [3.05, 3.63) is 65.7 Å². The Morgan fingerprint density at radius 1 is 0.945 bits per heavy atom. The summed E-state index contributed by atoms with van der Waals surface area (Å²) in [7, 11) is 3.10. The molecule has 0 radical (unpaired) electrons. The van der Waals surface area contributed by atoms with Gasteiger partial charge in [0, 0.05) is 33.7 Å². The van der Waals surface area contributed by atoms with Crippen LogP contribution in [-0.2, 0) is 40.0 Å². The predicted molar refractivity (Wildman–Crippen MR) is 204 cm³/mol. The smallest absolute Gasteiger partial charge is 0.290 e. The van der Waals surface area contributed by atoms with Gasteiger partial charge in [-0.15, -0.1) is 0 Å². The number of nitrogens with zero attached hydrogens (tertiary/aromatic N) is 2. The molecule has 0 spiro atoms. The Labute approximate surface area is 322 Å². The van der Waals surface area contributed by atoms with Gasteiger partial charge in [0.05, 0.1) is 25.6 Å². The van der Waals surface area contributed by atoms with E-state index >= 15 is 0 Å². The lowest BCUT2D eigenvalue weighted by Crippen LogP contribution is -2.59. The molecule has 0 aliphatic carbocycles. The Kier molecular flexibility index (Phi) is 16.8. The van der Waals surface area contributed by atoms with E-state index in [-0.39, 0.29) is 31.9 Å². The minimum Gasteiger partial charge on any atom is -0.493 e. The number of amides is 6. The van der Waals surface area contributed by atoms with Gasteiger partial charge in [0.2, 0.25) is 35.3 Å². The average molecular weight is 765 g/mol. The third-order valence-corrected chi connectivity index (χ3v) is 9.06. The normalized spacial score (nSPS) is 15.5. The average Bonchev–Trinajstić information content (AvgIpc) is 3.65. The number of likely N-dealkylation sites (tertiary alicyclic amines) is 1. The van der Waals surface area contributed by atoms with E-state index < -0.39 is 71.4 Å². The van der Waals surface area contributed by atoms with Crippen LogP contribution in [0.1, 0.15) is 77.0 Å². The van der Waals surface area contributed by atoms with Gasteiger partial charge in [-0.25, -0.2) is 0 Å². The Morgan fingerprint density at radius 2 is 1.65 bits per heavy atom. The van der Waals surface area contributed by atoms with Gasteiger partial charge in [0.25, 0.3) is 5.91 Å². The molecule has 0 unspecified atom stereocenters. The second kappa shape index (κ2) is 21.0. The van der Waals surface area contributed by atoms with Gasteiger partial charge in [-0.1, -0.05) is 76.6 Å². The van der Waals surface area contributed by atoms with Crippen LogP contribution in [0.4, 0.5) is 0 Å². The Bertz CT molecular complexity index is 1660.